The van der Waals surface area contributed by atoms with Crippen LogP contribution in [-0.2, 0) is 0 Å². The normalized spacial score (nSPS) is 9.25. The Hall–Kier alpha value is -0.905. The lowest BCUT2D eigenvalue weighted by Gasteiger charge is -2.06. The lowest BCUT2D eigenvalue weighted by Crippen LogP contribution is -2.20. The molecule has 0 saturated heterocycles. The summed E-state index contributed by atoms with van der Waals surface area (Å²) in [6, 6.07) is 6.35. The fraction of sp³-hybridized carbons (Fsp3) is 0. The fourth-order valence-corrected chi connectivity index (χ4v) is 0.852. The molecule has 1 rings (SSSR count). The predicted octanol–water partition coefficient (Wildman–Crippen LogP) is 0.568. The first kappa shape index (κ1) is 9.19. The molecule has 0 heterocycles. The monoisotopic (exact) mass is 188 g/mol. The first-order valence-electron chi connectivity index (χ1n) is 3.14. The second-order valence-corrected chi connectivity index (χ2v) is 2.12. The van der Waals surface area contributed by atoms with Gasteiger partial charge in [-0.2, -0.15) is 0 Å². The molecule has 1 aromatic carbocycles. The van der Waals surface area contributed by atoms with Crippen molar-refractivity contribution in [1.82, 2.24) is 0 Å². The molecule has 0 aromatic heterocycles. The molecule has 0 atom stereocenters. The lowest BCUT2D eigenvalue weighted by atomic mass is 10.2. The van der Waals surface area contributed by atoms with Gasteiger partial charge < -0.3 is 19.0 Å². The van der Waals surface area contributed by atoms with Gasteiger partial charge in [-0.3, -0.25) is 0 Å². The van der Waals surface area contributed by atoms with Gasteiger partial charge in [0.15, 0.2) is 5.75 Å². The molecule has 2 N–H and O–H groups in total. The summed E-state index contributed by atoms with van der Waals surface area (Å²) in [6.07, 6.45) is 0. The van der Waals surface area contributed by atoms with Crippen LogP contribution >= 0.6 is 11.9 Å². The first-order chi connectivity index (χ1) is 5.74. The largest absolute Gasteiger partial charge is 0.707 e. The minimum Gasteiger partial charge on any atom is -0.509 e. The van der Waals surface area contributed by atoms with Crippen molar-refractivity contribution in [1.29, 1.82) is 0 Å². The van der Waals surface area contributed by atoms with Crippen LogP contribution in [0.3, 0.4) is 0 Å². The van der Waals surface area contributed by atoms with Crippen molar-refractivity contribution in [3.8, 4) is 11.5 Å². The summed E-state index contributed by atoms with van der Waals surface area (Å²) in [4.78, 5) is 0. The summed E-state index contributed by atoms with van der Waals surface area (Å²) in [5, 5.41) is 16.9. The number of para-hydroxylation sites is 2. The van der Waals surface area contributed by atoms with Crippen LogP contribution in [0, 0.1) is 0 Å². The standard InChI is InChI=1S/C6H6BClO4/c8-12-6-4-2-1-3-5(6)11-7(9)10/h1-4,9-10H. The predicted molar refractivity (Wildman–Crippen MR) is 43.7 cm³/mol. The van der Waals surface area contributed by atoms with Gasteiger partial charge in [0.1, 0.15) is 17.6 Å². The Morgan fingerprint density at radius 2 is 1.75 bits per heavy atom. The molecule has 1 aromatic rings. The zero-order chi connectivity index (χ0) is 8.97. The van der Waals surface area contributed by atoms with Crippen LogP contribution in [0.5, 0.6) is 11.5 Å². The van der Waals surface area contributed by atoms with Crippen LogP contribution in [0.4, 0.5) is 0 Å². The Morgan fingerprint density at radius 1 is 1.17 bits per heavy atom. The molecule has 0 aliphatic heterocycles. The number of benzene rings is 1. The fourth-order valence-electron chi connectivity index (χ4n) is 0.725. The van der Waals surface area contributed by atoms with Crippen molar-refractivity contribution in [2.75, 3.05) is 0 Å². The molecule has 0 aliphatic carbocycles. The minimum absolute atomic E-state index is 0.169. The van der Waals surface area contributed by atoms with Crippen LogP contribution in [-0.4, -0.2) is 17.4 Å². The number of hydrogen-bond acceptors (Lipinski definition) is 4. The number of halogens is 1. The second-order valence-electron chi connectivity index (χ2n) is 1.97. The maximum atomic E-state index is 8.46. The van der Waals surface area contributed by atoms with E-state index >= 15 is 0 Å². The molecule has 0 spiro atoms. The molecule has 0 saturated carbocycles. The van der Waals surface area contributed by atoms with E-state index in [4.69, 9.17) is 21.9 Å². The maximum Gasteiger partial charge on any atom is 0.707 e. The molecule has 0 aliphatic rings. The van der Waals surface area contributed by atoms with E-state index in [0.29, 0.717) is 0 Å². The van der Waals surface area contributed by atoms with E-state index in [-0.39, 0.29) is 11.5 Å². The van der Waals surface area contributed by atoms with E-state index in [1.807, 2.05) is 0 Å². The van der Waals surface area contributed by atoms with Crippen LogP contribution in [0.1, 0.15) is 0 Å². The molecule has 64 valence electrons. The Morgan fingerprint density at radius 3 is 2.25 bits per heavy atom. The zero-order valence-electron chi connectivity index (χ0n) is 5.98. The third-order valence-corrected chi connectivity index (χ3v) is 1.33. The highest BCUT2D eigenvalue weighted by molar-refractivity contribution is 6.33. The molecule has 0 radical (unpaired) electrons. The highest BCUT2D eigenvalue weighted by atomic mass is 35.5. The molecule has 4 nitrogen and oxygen atoms in total. The summed E-state index contributed by atoms with van der Waals surface area (Å²) in [5.41, 5.74) is 0. The maximum absolute atomic E-state index is 8.46. The van der Waals surface area contributed by atoms with Gasteiger partial charge in [0.05, 0.1) is 0 Å². The van der Waals surface area contributed by atoms with Gasteiger partial charge in [0, 0.05) is 0 Å². The third kappa shape index (κ3) is 2.30. The second kappa shape index (κ2) is 4.20. The van der Waals surface area contributed by atoms with Gasteiger partial charge in [0.2, 0.25) is 0 Å². The topological polar surface area (TPSA) is 58.9 Å². The highest BCUT2D eigenvalue weighted by Gasteiger charge is 2.14. The summed E-state index contributed by atoms with van der Waals surface area (Å²) < 4.78 is 8.91. The molecular formula is C6H6BClO4. The molecule has 0 amide bonds. The lowest BCUT2D eigenvalue weighted by molar-refractivity contribution is 0.285. The molecule has 0 unspecified atom stereocenters. The summed E-state index contributed by atoms with van der Waals surface area (Å²) in [7, 11) is -1.88. The Bertz CT molecular complexity index is 255. The van der Waals surface area contributed by atoms with Gasteiger partial charge in [-0.25, -0.2) is 0 Å². The summed E-state index contributed by atoms with van der Waals surface area (Å²) >= 11 is 5.07. The van der Waals surface area contributed by atoms with Gasteiger partial charge in [-0.15, -0.1) is 0 Å². The van der Waals surface area contributed by atoms with Crippen LogP contribution in [0.15, 0.2) is 24.3 Å². The Labute approximate surface area is 74.7 Å². The average molecular weight is 188 g/mol. The van der Waals surface area contributed by atoms with E-state index in [9.17, 15) is 0 Å². The van der Waals surface area contributed by atoms with E-state index in [2.05, 4.69) is 8.94 Å². The van der Waals surface area contributed by atoms with Crippen LogP contribution in [0.25, 0.3) is 0 Å². The van der Waals surface area contributed by atoms with E-state index < -0.39 is 7.32 Å². The SMILES string of the molecule is OB(O)Oc1ccccc1OCl. The van der Waals surface area contributed by atoms with E-state index in [0.717, 1.165) is 0 Å². The average Bonchev–Trinajstić information content (AvgIpc) is 2.04. The molecule has 0 fully saturated rings. The molecule has 12 heavy (non-hydrogen) atoms. The van der Waals surface area contributed by atoms with E-state index in [1.54, 1.807) is 12.1 Å². The number of rotatable bonds is 3. The smallest absolute Gasteiger partial charge is 0.509 e. The molecular weight excluding hydrogens is 182 g/mol. The van der Waals surface area contributed by atoms with Crippen molar-refractivity contribution in [2.24, 2.45) is 0 Å². The Kier molecular flexibility index (Phi) is 3.22. The minimum atomic E-state index is -1.88. The summed E-state index contributed by atoms with van der Waals surface area (Å²) in [5.74, 6) is 0.398. The number of hydrogen-bond donors (Lipinski definition) is 2. The van der Waals surface area contributed by atoms with Crippen molar-refractivity contribution in [3.05, 3.63) is 24.3 Å². The van der Waals surface area contributed by atoms with Crippen molar-refractivity contribution in [3.63, 3.8) is 0 Å². The Balaban J connectivity index is 2.82. The van der Waals surface area contributed by atoms with Crippen molar-refractivity contribution in [2.45, 2.75) is 0 Å². The summed E-state index contributed by atoms with van der Waals surface area (Å²) in [6.45, 7) is 0. The van der Waals surface area contributed by atoms with Gasteiger partial charge in [-0.1, -0.05) is 12.1 Å². The van der Waals surface area contributed by atoms with Crippen LogP contribution in [0.2, 0.25) is 0 Å². The molecule has 0 bridgehead atoms. The van der Waals surface area contributed by atoms with E-state index in [1.165, 1.54) is 12.1 Å². The quantitative estimate of drug-likeness (QED) is 0.681. The highest BCUT2D eigenvalue weighted by Crippen LogP contribution is 2.27. The van der Waals surface area contributed by atoms with Gasteiger partial charge in [-0.05, 0) is 12.1 Å². The van der Waals surface area contributed by atoms with Crippen LogP contribution < -0.4 is 8.94 Å². The first-order valence-corrected chi connectivity index (χ1v) is 3.45. The van der Waals surface area contributed by atoms with Crippen molar-refractivity contribution < 1.29 is 19.0 Å². The van der Waals surface area contributed by atoms with Gasteiger partial charge in [0.25, 0.3) is 0 Å². The third-order valence-electron chi connectivity index (χ3n) is 1.16. The van der Waals surface area contributed by atoms with Gasteiger partial charge >= 0.3 is 7.32 Å². The molecule has 6 heteroatoms. The van der Waals surface area contributed by atoms with Crippen molar-refractivity contribution >= 4 is 19.2 Å². The zero-order valence-corrected chi connectivity index (χ0v) is 6.73.